The fourth-order valence-electron chi connectivity index (χ4n) is 1.98. The van der Waals surface area contributed by atoms with Crippen molar-refractivity contribution in [1.29, 1.82) is 0 Å². The van der Waals surface area contributed by atoms with E-state index in [4.69, 9.17) is 33.7 Å². The molecule has 120 valence electrons. The summed E-state index contributed by atoms with van der Waals surface area (Å²) in [6.45, 7) is 2.69. The molecule has 0 unspecified atom stereocenters. The summed E-state index contributed by atoms with van der Waals surface area (Å²) in [5.74, 6) is 0.766. The maximum absolute atomic E-state index is 6.26. The number of halogens is 3. The van der Waals surface area contributed by atoms with Gasteiger partial charge < -0.3 is 15.8 Å². The summed E-state index contributed by atoms with van der Waals surface area (Å²) >= 11 is 12.4. The van der Waals surface area contributed by atoms with Gasteiger partial charge in [0.1, 0.15) is 12.4 Å². The molecule has 0 aliphatic rings. The Bertz CT molecular complexity index is 593. The van der Waals surface area contributed by atoms with Crippen LogP contribution < -0.4 is 15.8 Å². The van der Waals surface area contributed by atoms with Crippen molar-refractivity contribution >= 4 is 35.6 Å². The van der Waals surface area contributed by atoms with E-state index in [2.05, 4.69) is 5.32 Å². The Morgan fingerprint density at radius 1 is 1.00 bits per heavy atom. The molecule has 0 aromatic heterocycles. The van der Waals surface area contributed by atoms with Crippen LogP contribution in [0.1, 0.15) is 0 Å². The molecule has 0 atom stereocenters. The lowest BCUT2D eigenvalue weighted by molar-refractivity contribution is 0.316. The second-order valence-corrected chi connectivity index (χ2v) is 5.35. The molecule has 3 nitrogen and oxygen atoms in total. The Hall–Kier alpha value is -0.970. The third-order valence-electron chi connectivity index (χ3n) is 2.96. The Labute approximate surface area is 147 Å². The van der Waals surface area contributed by atoms with E-state index >= 15 is 0 Å². The molecular weight excluding hydrogens is 343 g/mol. The minimum Gasteiger partial charge on any atom is -0.492 e. The van der Waals surface area contributed by atoms with E-state index in [1.54, 1.807) is 0 Å². The molecule has 0 fully saturated rings. The highest BCUT2D eigenvalue weighted by molar-refractivity contribution is 6.34. The normalized spacial score (nSPS) is 10.1. The van der Waals surface area contributed by atoms with Gasteiger partial charge in [0.05, 0.1) is 0 Å². The van der Waals surface area contributed by atoms with E-state index < -0.39 is 0 Å². The van der Waals surface area contributed by atoms with Gasteiger partial charge >= 0.3 is 0 Å². The smallest absolute Gasteiger partial charge is 0.127 e. The van der Waals surface area contributed by atoms with Crippen molar-refractivity contribution < 1.29 is 4.74 Å². The molecule has 3 N–H and O–H groups in total. The number of rotatable bonds is 7. The van der Waals surface area contributed by atoms with Crippen LogP contribution in [-0.4, -0.2) is 26.2 Å². The highest BCUT2D eigenvalue weighted by Crippen LogP contribution is 2.36. The average molecular weight is 362 g/mol. The number of nitrogens with two attached hydrogens (primary N) is 1. The van der Waals surface area contributed by atoms with E-state index in [0.717, 1.165) is 30.0 Å². The fraction of sp³-hybridized carbons (Fsp3) is 0.250. The molecule has 0 aliphatic carbocycles. The second kappa shape index (κ2) is 9.93. The summed E-state index contributed by atoms with van der Waals surface area (Å²) < 4.78 is 5.83. The zero-order chi connectivity index (χ0) is 15.1. The van der Waals surface area contributed by atoms with Crippen LogP contribution in [0.2, 0.25) is 10.0 Å². The first-order valence-electron chi connectivity index (χ1n) is 6.80. The van der Waals surface area contributed by atoms with Gasteiger partial charge in [-0.1, -0.05) is 41.4 Å². The number of hydrogen-bond acceptors (Lipinski definition) is 3. The molecule has 0 spiro atoms. The maximum atomic E-state index is 6.26. The highest BCUT2D eigenvalue weighted by Gasteiger charge is 2.10. The molecule has 0 aliphatic heterocycles. The van der Waals surface area contributed by atoms with Gasteiger partial charge in [0.2, 0.25) is 0 Å². The van der Waals surface area contributed by atoms with Crippen LogP contribution >= 0.6 is 35.6 Å². The average Bonchev–Trinajstić information content (AvgIpc) is 2.49. The molecule has 2 rings (SSSR count). The van der Waals surface area contributed by atoms with Crippen LogP contribution in [0.25, 0.3) is 11.1 Å². The van der Waals surface area contributed by atoms with Crippen molar-refractivity contribution in [2.45, 2.75) is 0 Å². The zero-order valence-electron chi connectivity index (χ0n) is 12.0. The molecule has 0 bridgehead atoms. The van der Waals surface area contributed by atoms with Gasteiger partial charge in [0.25, 0.3) is 0 Å². The van der Waals surface area contributed by atoms with Crippen molar-refractivity contribution in [3.8, 4) is 16.9 Å². The third kappa shape index (κ3) is 5.34. The third-order valence-corrected chi connectivity index (χ3v) is 3.53. The van der Waals surface area contributed by atoms with Gasteiger partial charge in [-0.2, -0.15) is 0 Å². The number of hydrogen-bond donors (Lipinski definition) is 2. The highest BCUT2D eigenvalue weighted by atomic mass is 35.5. The lowest BCUT2D eigenvalue weighted by atomic mass is 10.0. The first-order valence-corrected chi connectivity index (χ1v) is 7.56. The van der Waals surface area contributed by atoms with E-state index in [1.165, 1.54) is 0 Å². The van der Waals surface area contributed by atoms with Crippen molar-refractivity contribution in [2.24, 2.45) is 5.73 Å². The molecule has 0 amide bonds. The van der Waals surface area contributed by atoms with Crippen LogP contribution in [0.5, 0.6) is 5.75 Å². The van der Waals surface area contributed by atoms with Crippen molar-refractivity contribution in [3.05, 3.63) is 52.5 Å². The summed E-state index contributed by atoms with van der Waals surface area (Å²) in [4.78, 5) is 0. The molecule has 2 aromatic carbocycles. The monoisotopic (exact) mass is 360 g/mol. The van der Waals surface area contributed by atoms with E-state index in [-0.39, 0.29) is 12.4 Å². The van der Waals surface area contributed by atoms with Crippen LogP contribution in [0, 0.1) is 0 Å². The number of benzene rings is 2. The van der Waals surface area contributed by atoms with Crippen molar-refractivity contribution in [1.82, 2.24) is 5.32 Å². The van der Waals surface area contributed by atoms with Gasteiger partial charge in [0, 0.05) is 40.8 Å². The van der Waals surface area contributed by atoms with E-state index in [9.17, 15) is 0 Å². The van der Waals surface area contributed by atoms with Crippen molar-refractivity contribution in [2.75, 3.05) is 26.2 Å². The van der Waals surface area contributed by atoms with Gasteiger partial charge in [0.15, 0.2) is 0 Å². The van der Waals surface area contributed by atoms with Crippen LogP contribution in [0.15, 0.2) is 42.5 Å². The van der Waals surface area contributed by atoms with Gasteiger partial charge in [-0.25, -0.2) is 0 Å². The Morgan fingerprint density at radius 3 is 2.50 bits per heavy atom. The maximum Gasteiger partial charge on any atom is 0.127 e. The molecular formula is C16H19Cl3N2O. The molecule has 0 heterocycles. The molecule has 22 heavy (non-hydrogen) atoms. The first kappa shape index (κ1) is 19.1. The number of nitrogens with one attached hydrogen (secondary N) is 1. The number of ether oxygens (including phenoxy) is 1. The van der Waals surface area contributed by atoms with Crippen LogP contribution in [0.3, 0.4) is 0 Å². The molecule has 6 heteroatoms. The summed E-state index contributed by atoms with van der Waals surface area (Å²) in [6.07, 6.45) is 0. The minimum atomic E-state index is 0. The van der Waals surface area contributed by atoms with Gasteiger partial charge in [-0.3, -0.25) is 0 Å². The second-order valence-electron chi connectivity index (χ2n) is 4.51. The Morgan fingerprint density at radius 2 is 1.77 bits per heavy atom. The SMILES string of the molecule is Cl.NCCNCCOc1ccc(Cl)cc1-c1ccccc1Cl. The summed E-state index contributed by atoms with van der Waals surface area (Å²) in [5.41, 5.74) is 7.23. The van der Waals surface area contributed by atoms with Crippen molar-refractivity contribution in [3.63, 3.8) is 0 Å². The van der Waals surface area contributed by atoms with E-state index in [0.29, 0.717) is 23.2 Å². The topological polar surface area (TPSA) is 47.3 Å². The Kier molecular flexibility index (Phi) is 8.61. The lowest BCUT2D eigenvalue weighted by Gasteiger charge is -2.13. The van der Waals surface area contributed by atoms with Gasteiger partial charge in [-0.15, -0.1) is 12.4 Å². The quantitative estimate of drug-likeness (QED) is 0.733. The summed E-state index contributed by atoms with van der Waals surface area (Å²) in [6, 6.07) is 13.2. The fourth-order valence-corrected chi connectivity index (χ4v) is 2.39. The molecule has 0 radical (unpaired) electrons. The molecule has 0 saturated carbocycles. The predicted octanol–water partition coefficient (Wildman–Crippen LogP) is 4.01. The van der Waals surface area contributed by atoms with Crippen LogP contribution in [-0.2, 0) is 0 Å². The standard InChI is InChI=1S/C16H18Cl2N2O.ClH/c17-12-5-6-16(21-10-9-20-8-7-19)14(11-12)13-3-1-2-4-15(13)18;/h1-6,11,20H,7-10,19H2;1H. The zero-order valence-corrected chi connectivity index (χ0v) is 14.3. The minimum absolute atomic E-state index is 0. The van der Waals surface area contributed by atoms with E-state index in [1.807, 2.05) is 42.5 Å². The summed E-state index contributed by atoms with van der Waals surface area (Å²) in [5, 5.41) is 4.51. The van der Waals surface area contributed by atoms with Gasteiger partial charge in [-0.05, 0) is 24.3 Å². The molecule has 2 aromatic rings. The first-order chi connectivity index (χ1) is 10.2. The summed E-state index contributed by atoms with van der Waals surface area (Å²) in [7, 11) is 0. The lowest BCUT2D eigenvalue weighted by Crippen LogP contribution is -2.26. The molecule has 0 saturated heterocycles. The predicted molar refractivity (Wildman–Crippen MR) is 96.6 cm³/mol. The largest absolute Gasteiger partial charge is 0.492 e. The Balaban J connectivity index is 0.00000242. The van der Waals surface area contributed by atoms with Crippen LogP contribution in [0.4, 0.5) is 0 Å².